The molecule has 5 nitrogen and oxygen atoms in total. The molecule has 0 aromatic heterocycles. The molecule has 0 bridgehead atoms. The van der Waals surface area contributed by atoms with E-state index in [0.29, 0.717) is 18.7 Å². The summed E-state index contributed by atoms with van der Waals surface area (Å²) < 4.78 is 25.7. The smallest absolute Gasteiger partial charge is 0.240 e. The van der Waals surface area contributed by atoms with Gasteiger partial charge in [-0.2, -0.15) is 11.8 Å². The Labute approximate surface area is 168 Å². The van der Waals surface area contributed by atoms with Gasteiger partial charge in [-0.3, -0.25) is 9.10 Å². The Kier molecular flexibility index (Phi) is 8.96. The van der Waals surface area contributed by atoms with Crippen molar-refractivity contribution in [3.63, 3.8) is 0 Å². The van der Waals surface area contributed by atoms with Crippen molar-refractivity contribution in [3.8, 4) is 0 Å². The first-order chi connectivity index (χ1) is 12.9. The third-order valence-corrected chi connectivity index (χ3v) is 7.47. The number of benzene rings is 1. The zero-order chi connectivity index (χ0) is 19.7. The molecule has 1 amide bonds. The number of thioether (sulfide) groups is 1. The Balaban J connectivity index is 1.82. The third-order valence-electron chi connectivity index (χ3n) is 4.88. The van der Waals surface area contributed by atoms with Crippen molar-refractivity contribution < 1.29 is 13.2 Å². The summed E-state index contributed by atoms with van der Waals surface area (Å²) in [4.78, 5) is 12.3. The van der Waals surface area contributed by atoms with Crippen LogP contribution >= 0.6 is 11.8 Å². The van der Waals surface area contributed by atoms with E-state index in [0.717, 1.165) is 29.2 Å². The number of carbonyl (C=O) groups is 1. The molecule has 152 valence electrons. The number of nitrogens with one attached hydrogen (secondary N) is 1. The van der Waals surface area contributed by atoms with Gasteiger partial charge in [-0.1, -0.05) is 44.4 Å². The molecule has 1 aromatic carbocycles. The zero-order valence-corrected chi connectivity index (χ0v) is 18.1. The minimum Gasteiger partial charge on any atom is -0.354 e. The molecule has 1 N–H and O–H groups in total. The monoisotopic (exact) mass is 412 g/mol. The first kappa shape index (κ1) is 22.1. The molecule has 1 fully saturated rings. The molecular formula is C20H32N2O3S2. The lowest BCUT2D eigenvalue weighted by Gasteiger charge is -2.24. The van der Waals surface area contributed by atoms with Gasteiger partial charge in [0.05, 0.1) is 11.9 Å². The summed E-state index contributed by atoms with van der Waals surface area (Å²) in [6, 6.07) is 7.34. The van der Waals surface area contributed by atoms with Crippen LogP contribution in [0.3, 0.4) is 0 Å². The van der Waals surface area contributed by atoms with Crippen LogP contribution in [0.5, 0.6) is 0 Å². The lowest BCUT2D eigenvalue weighted by atomic mass is 10.0. The van der Waals surface area contributed by atoms with E-state index in [4.69, 9.17) is 0 Å². The van der Waals surface area contributed by atoms with E-state index in [1.165, 1.54) is 36.4 Å². The van der Waals surface area contributed by atoms with Gasteiger partial charge in [0.1, 0.15) is 6.54 Å². The molecule has 1 aliphatic carbocycles. The molecule has 1 saturated carbocycles. The van der Waals surface area contributed by atoms with Gasteiger partial charge in [-0.05, 0) is 43.1 Å². The second kappa shape index (κ2) is 11.0. The fourth-order valence-electron chi connectivity index (χ4n) is 3.40. The summed E-state index contributed by atoms with van der Waals surface area (Å²) in [7, 11) is -3.53. The van der Waals surface area contributed by atoms with Crippen LogP contribution in [0.1, 0.15) is 51.0 Å². The van der Waals surface area contributed by atoms with Crippen LogP contribution in [-0.2, 0) is 21.2 Å². The maximum atomic E-state index is 12.3. The van der Waals surface area contributed by atoms with Gasteiger partial charge in [0.15, 0.2) is 0 Å². The van der Waals surface area contributed by atoms with E-state index in [1.54, 1.807) is 12.1 Å². The highest BCUT2D eigenvalue weighted by Crippen LogP contribution is 2.28. The minimum atomic E-state index is -3.53. The molecular weight excluding hydrogens is 380 g/mol. The fraction of sp³-hybridized carbons (Fsp3) is 0.650. The predicted octanol–water partition coefficient (Wildman–Crippen LogP) is 3.59. The molecule has 1 aliphatic rings. The molecule has 0 saturated heterocycles. The molecule has 0 radical (unpaired) electrons. The molecule has 7 heteroatoms. The normalized spacial score (nSPS) is 15.5. The van der Waals surface area contributed by atoms with E-state index < -0.39 is 10.0 Å². The highest BCUT2D eigenvalue weighted by Gasteiger charge is 2.22. The number of sulfonamides is 1. The second-order valence-corrected chi connectivity index (χ2v) is 10.4. The average Bonchev–Trinajstić information content (AvgIpc) is 2.66. The summed E-state index contributed by atoms with van der Waals surface area (Å²) in [6.07, 6.45) is 9.45. The van der Waals surface area contributed by atoms with Crippen molar-refractivity contribution in [2.75, 3.05) is 29.4 Å². The van der Waals surface area contributed by atoms with Crippen molar-refractivity contribution in [1.82, 2.24) is 5.32 Å². The number of amides is 1. The van der Waals surface area contributed by atoms with Crippen LogP contribution < -0.4 is 9.62 Å². The van der Waals surface area contributed by atoms with Crippen molar-refractivity contribution >= 4 is 33.4 Å². The predicted molar refractivity (Wildman–Crippen MR) is 115 cm³/mol. The molecule has 27 heavy (non-hydrogen) atoms. The first-order valence-electron chi connectivity index (χ1n) is 9.85. The molecule has 0 unspecified atom stereocenters. The van der Waals surface area contributed by atoms with Gasteiger partial charge >= 0.3 is 0 Å². The summed E-state index contributed by atoms with van der Waals surface area (Å²) in [5.74, 6) is 0.786. The van der Waals surface area contributed by atoms with Crippen LogP contribution in [0.15, 0.2) is 24.3 Å². The standard InChI is InChI=1S/C20H32N2O3S2/c1-3-17-10-7-8-13-19(17)22(27(2,24)25)16-20(23)21-14-9-15-26-18-11-5-4-6-12-18/h7-8,10,13,18H,3-6,9,11-12,14-16H2,1-2H3,(H,21,23). The van der Waals surface area contributed by atoms with E-state index in [1.807, 2.05) is 30.8 Å². The molecule has 0 aliphatic heterocycles. The number of carbonyl (C=O) groups excluding carboxylic acids is 1. The van der Waals surface area contributed by atoms with E-state index >= 15 is 0 Å². The van der Waals surface area contributed by atoms with Gasteiger partial charge in [0, 0.05) is 11.8 Å². The van der Waals surface area contributed by atoms with Crippen molar-refractivity contribution in [1.29, 1.82) is 0 Å². The van der Waals surface area contributed by atoms with Crippen LogP contribution in [-0.4, -0.2) is 44.7 Å². The molecule has 0 atom stereocenters. The van der Waals surface area contributed by atoms with E-state index in [9.17, 15) is 13.2 Å². The number of para-hydroxylation sites is 1. The second-order valence-electron chi connectivity index (χ2n) is 7.09. The lowest BCUT2D eigenvalue weighted by molar-refractivity contribution is -0.119. The number of hydrogen-bond donors (Lipinski definition) is 1. The highest BCUT2D eigenvalue weighted by molar-refractivity contribution is 7.99. The van der Waals surface area contributed by atoms with Gasteiger partial charge in [0.25, 0.3) is 0 Å². The van der Waals surface area contributed by atoms with Crippen LogP contribution in [0.2, 0.25) is 0 Å². The maximum absolute atomic E-state index is 12.3. The van der Waals surface area contributed by atoms with Crippen LogP contribution in [0.4, 0.5) is 5.69 Å². The van der Waals surface area contributed by atoms with Gasteiger partial charge < -0.3 is 5.32 Å². The molecule has 0 spiro atoms. The number of nitrogens with zero attached hydrogens (tertiary/aromatic N) is 1. The SMILES string of the molecule is CCc1ccccc1N(CC(=O)NCCCSC1CCCCC1)S(C)(=O)=O. The summed E-state index contributed by atoms with van der Waals surface area (Å²) in [6.45, 7) is 2.39. The third kappa shape index (κ3) is 7.37. The topological polar surface area (TPSA) is 66.5 Å². The molecule has 1 aromatic rings. The largest absolute Gasteiger partial charge is 0.354 e. The number of aryl methyl sites for hydroxylation is 1. The van der Waals surface area contributed by atoms with Crippen LogP contribution in [0.25, 0.3) is 0 Å². The summed E-state index contributed by atoms with van der Waals surface area (Å²) in [5.41, 5.74) is 1.50. The summed E-state index contributed by atoms with van der Waals surface area (Å²) in [5, 5.41) is 3.65. The number of hydrogen-bond acceptors (Lipinski definition) is 4. The zero-order valence-electron chi connectivity index (χ0n) is 16.4. The van der Waals surface area contributed by atoms with Gasteiger partial charge in [-0.15, -0.1) is 0 Å². The van der Waals surface area contributed by atoms with Crippen molar-refractivity contribution in [2.45, 2.75) is 57.1 Å². The Bertz CT molecular complexity index is 701. The van der Waals surface area contributed by atoms with Crippen molar-refractivity contribution in [3.05, 3.63) is 29.8 Å². The Morgan fingerprint density at radius 2 is 1.93 bits per heavy atom. The fourth-order valence-corrected chi connectivity index (χ4v) is 5.60. The van der Waals surface area contributed by atoms with E-state index in [2.05, 4.69) is 5.32 Å². The quantitative estimate of drug-likeness (QED) is 0.597. The van der Waals surface area contributed by atoms with Crippen molar-refractivity contribution in [2.24, 2.45) is 0 Å². The number of rotatable bonds is 10. The Morgan fingerprint density at radius 1 is 1.22 bits per heavy atom. The Morgan fingerprint density at radius 3 is 2.59 bits per heavy atom. The average molecular weight is 413 g/mol. The summed E-state index contributed by atoms with van der Waals surface area (Å²) >= 11 is 2.01. The van der Waals surface area contributed by atoms with Gasteiger partial charge in [-0.25, -0.2) is 8.42 Å². The Hall–Kier alpha value is -1.21. The van der Waals surface area contributed by atoms with Crippen LogP contribution in [0, 0.1) is 0 Å². The molecule has 2 rings (SSSR count). The number of anilines is 1. The first-order valence-corrected chi connectivity index (χ1v) is 12.8. The maximum Gasteiger partial charge on any atom is 0.240 e. The van der Waals surface area contributed by atoms with Gasteiger partial charge in [0.2, 0.25) is 15.9 Å². The molecule has 0 heterocycles. The highest BCUT2D eigenvalue weighted by atomic mass is 32.2. The minimum absolute atomic E-state index is 0.175. The lowest BCUT2D eigenvalue weighted by Crippen LogP contribution is -2.41. The van der Waals surface area contributed by atoms with E-state index in [-0.39, 0.29) is 12.5 Å².